The lowest BCUT2D eigenvalue weighted by molar-refractivity contribution is 0.0224. The second-order valence-corrected chi connectivity index (χ2v) is 3.46. The highest BCUT2D eigenvalue weighted by molar-refractivity contribution is 14.1. The van der Waals surface area contributed by atoms with E-state index in [-0.39, 0.29) is 0 Å². The van der Waals surface area contributed by atoms with Crippen LogP contribution in [0.5, 0.6) is 5.75 Å². The summed E-state index contributed by atoms with van der Waals surface area (Å²) in [6.07, 6.45) is 0. The molecule has 0 saturated carbocycles. The summed E-state index contributed by atoms with van der Waals surface area (Å²) < 4.78 is 11.5. The average molecular weight is 278 g/mol. The molecule has 0 atom stereocenters. The van der Waals surface area contributed by atoms with Gasteiger partial charge in [-0.15, -0.1) is 0 Å². The van der Waals surface area contributed by atoms with Gasteiger partial charge in [-0.25, -0.2) is 0 Å². The van der Waals surface area contributed by atoms with Crippen molar-refractivity contribution in [2.75, 3.05) is 13.4 Å². The quantitative estimate of drug-likeness (QED) is 0.479. The Kier molecular flexibility index (Phi) is 4.39. The van der Waals surface area contributed by atoms with E-state index in [4.69, 9.17) is 9.47 Å². The zero-order valence-electron chi connectivity index (χ0n) is 6.92. The molecule has 0 radical (unpaired) electrons. The summed E-state index contributed by atoms with van der Waals surface area (Å²) in [5, 5.41) is 0. The van der Waals surface area contributed by atoms with E-state index < -0.39 is 0 Å². The minimum Gasteiger partial charge on any atom is -0.468 e. The first kappa shape index (κ1) is 9.80. The van der Waals surface area contributed by atoms with Gasteiger partial charge in [-0.2, -0.15) is 0 Å². The molecule has 0 saturated heterocycles. The van der Waals surface area contributed by atoms with Gasteiger partial charge in [-0.05, 0) is 47.7 Å². The van der Waals surface area contributed by atoms with Gasteiger partial charge in [0.15, 0.2) is 6.79 Å². The van der Waals surface area contributed by atoms with Crippen LogP contribution in [-0.2, 0) is 4.74 Å². The highest BCUT2D eigenvalue weighted by Gasteiger charge is 1.92. The zero-order chi connectivity index (χ0) is 8.81. The molecule has 1 rings (SSSR count). The van der Waals surface area contributed by atoms with Gasteiger partial charge in [0, 0.05) is 10.2 Å². The van der Waals surface area contributed by atoms with Gasteiger partial charge in [0.2, 0.25) is 0 Å². The van der Waals surface area contributed by atoms with Crippen LogP contribution in [-0.4, -0.2) is 13.4 Å². The van der Waals surface area contributed by atoms with E-state index in [9.17, 15) is 0 Å². The second-order valence-electron chi connectivity index (χ2n) is 2.21. The molecule has 12 heavy (non-hydrogen) atoms. The van der Waals surface area contributed by atoms with E-state index in [0.717, 1.165) is 5.75 Å². The van der Waals surface area contributed by atoms with Crippen LogP contribution in [0.2, 0.25) is 0 Å². The molecule has 0 amide bonds. The molecule has 0 unspecified atom stereocenters. The zero-order valence-corrected chi connectivity index (χ0v) is 9.08. The number of hydrogen-bond donors (Lipinski definition) is 0. The largest absolute Gasteiger partial charge is 0.468 e. The molecule has 0 aromatic heterocycles. The van der Waals surface area contributed by atoms with E-state index in [0.29, 0.717) is 13.4 Å². The monoisotopic (exact) mass is 278 g/mol. The number of rotatable bonds is 4. The van der Waals surface area contributed by atoms with Crippen molar-refractivity contribution >= 4 is 22.6 Å². The van der Waals surface area contributed by atoms with E-state index >= 15 is 0 Å². The fourth-order valence-electron chi connectivity index (χ4n) is 0.750. The van der Waals surface area contributed by atoms with Gasteiger partial charge in [-0.3, -0.25) is 0 Å². The number of ether oxygens (including phenoxy) is 2. The van der Waals surface area contributed by atoms with Crippen LogP contribution in [0.25, 0.3) is 0 Å². The first-order valence-electron chi connectivity index (χ1n) is 3.79. The van der Waals surface area contributed by atoms with E-state index in [1.54, 1.807) is 0 Å². The standard InChI is InChI=1S/C9H11IO2/c1-2-11-7-12-9-5-3-4-8(10)6-9/h3-6H,2,7H2,1H3. The van der Waals surface area contributed by atoms with E-state index in [1.807, 2.05) is 31.2 Å². The minimum atomic E-state index is 0.330. The summed E-state index contributed by atoms with van der Waals surface area (Å²) in [6, 6.07) is 7.87. The fraction of sp³-hybridized carbons (Fsp3) is 0.333. The molecule has 2 nitrogen and oxygen atoms in total. The van der Waals surface area contributed by atoms with Gasteiger partial charge in [0.05, 0.1) is 0 Å². The molecule has 0 bridgehead atoms. The van der Waals surface area contributed by atoms with Gasteiger partial charge >= 0.3 is 0 Å². The number of hydrogen-bond acceptors (Lipinski definition) is 2. The normalized spacial score (nSPS) is 9.83. The molecule has 3 heteroatoms. The molecule has 0 fully saturated rings. The van der Waals surface area contributed by atoms with Crippen molar-refractivity contribution in [1.29, 1.82) is 0 Å². The third-order valence-electron chi connectivity index (χ3n) is 1.31. The molecular formula is C9H11IO2. The maximum atomic E-state index is 5.30. The molecular weight excluding hydrogens is 267 g/mol. The Balaban J connectivity index is 2.41. The Morgan fingerprint density at radius 3 is 2.92 bits per heavy atom. The molecule has 66 valence electrons. The summed E-state index contributed by atoms with van der Waals surface area (Å²) in [6.45, 7) is 2.96. The van der Waals surface area contributed by atoms with E-state index in [2.05, 4.69) is 22.6 Å². The van der Waals surface area contributed by atoms with Gasteiger partial charge in [-0.1, -0.05) is 6.07 Å². The van der Waals surface area contributed by atoms with Crippen LogP contribution in [0.3, 0.4) is 0 Å². The van der Waals surface area contributed by atoms with Crippen LogP contribution in [0.4, 0.5) is 0 Å². The van der Waals surface area contributed by atoms with Crippen molar-refractivity contribution in [2.45, 2.75) is 6.92 Å². The van der Waals surface area contributed by atoms with Crippen LogP contribution in [0.1, 0.15) is 6.92 Å². The molecule has 1 aromatic rings. The first-order valence-corrected chi connectivity index (χ1v) is 4.87. The van der Waals surface area contributed by atoms with Gasteiger partial charge in [0.1, 0.15) is 5.75 Å². The van der Waals surface area contributed by atoms with Gasteiger partial charge in [0.25, 0.3) is 0 Å². The lowest BCUT2D eigenvalue weighted by Gasteiger charge is -2.05. The van der Waals surface area contributed by atoms with Crippen LogP contribution < -0.4 is 4.74 Å². The lowest BCUT2D eigenvalue weighted by atomic mass is 10.3. The van der Waals surface area contributed by atoms with Crippen molar-refractivity contribution in [3.8, 4) is 5.75 Å². The summed E-state index contributed by atoms with van der Waals surface area (Å²) in [5.74, 6) is 0.857. The third-order valence-corrected chi connectivity index (χ3v) is 1.98. The van der Waals surface area contributed by atoms with Crippen molar-refractivity contribution in [2.24, 2.45) is 0 Å². The van der Waals surface area contributed by atoms with Crippen molar-refractivity contribution in [3.63, 3.8) is 0 Å². The van der Waals surface area contributed by atoms with Crippen LogP contribution in [0, 0.1) is 3.57 Å². The summed E-state index contributed by atoms with van der Waals surface area (Å²) in [4.78, 5) is 0. The topological polar surface area (TPSA) is 18.5 Å². The number of benzene rings is 1. The predicted molar refractivity (Wildman–Crippen MR) is 56.3 cm³/mol. The Hall–Kier alpha value is -0.290. The molecule has 0 aliphatic carbocycles. The van der Waals surface area contributed by atoms with Gasteiger partial charge < -0.3 is 9.47 Å². The minimum absolute atomic E-state index is 0.330. The molecule has 1 aromatic carbocycles. The second kappa shape index (κ2) is 5.37. The molecule has 0 heterocycles. The van der Waals surface area contributed by atoms with Crippen molar-refractivity contribution in [1.82, 2.24) is 0 Å². The van der Waals surface area contributed by atoms with Crippen molar-refractivity contribution in [3.05, 3.63) is 27.8 Å². The highest BCUT2D eigenvalue weighted by atomic mass is 127. The predicted octanol–water partition coefficient (Wildman–Crippen LogP) is 2.66. The molecule has 0 N–H and O–H groups in total. The van der Waals surface area contributed by atoms with Crippen LogP contribution >= 0.6 is 22.6 Å². The Bertz CT molecular complexity index is 238. The van der Waals surface area contributed by atoms with E-state index in [1.165, 1.54) is 3.57 Å². The van der Waals surface area contributed by atoms with Crippen molar-refractivity contribution < 1.29 is 9.47 Å². The molecule has 0 spiro atoms. The summed E-state index contributed by atoms with van der Waals surface area (Å²) in [5.41, 5.74) is 0. The summed E-state index contributed by atoms with van der Waals surface area (Å²) >= 11 is 2.25. The Morgan fingerprint density at radius 2 is 2.25 bits per heavy atom. The Labute approximate surface area is 86.0 Å². The Morgan fingerprint density at radius 1 is 1.42 bits per heavy atom. The summed E-state index contributed by atoms with van der Waals surface area (Å²) in [7, 11) is 0. The third kappa shape index (κ3) is 3.40. The number of halogens is 1. The first-order chi connectivity index (χ1) is 5.83. The average Bonchev–Trinajstić information content (AvgIpc) is 2.05. The van der Waals surface area contributed by atoms with Crippen LogP contribution in [0.15, 0.2) is 24.3 Å². The highest BCUT2D eigenvalue weighted by Crippen LogP contribution is 2.14. The fourth-order valence-corrected chi connectivity index (χ4v) is 1.26. The maximum Gasteiger partial charge on any atom is 0.189 e. The lowest BCUT2D eigenvalue weighted by Crippen LogP contribution is -2.01. The SMILES string of the molecule is CCOCOc1cccc(I)c1. The molecule has 0 aliphatic heterocycles. The maximum absolute atomic E-state index is 5.30. The smallest absolute Gasteiger partial charge is 0.189 e. The molecule has 0 aliphatic rings.